The first-order chi connectivity index (χ1) is 14.1. The lowest BCUT2D eigenvalue weighted by atomic mass is 10.1. The molecular weight excluding hydrogens is 414 g/mol. The van der Waals surface area contributed by atoms with Gasteiger partial charge in [0.25, 0.3) is 5.91 Å². The molecule has 0 bridgehead atoms. The maximum atomic E-state index is 13.0. The van der Waals surface area contributed by atoms with Gasteiger partial charge in [0.15, 0.2) is 0 Å². The summed E-state index contributed by atoms with van der Waals surface area (Å²) < 4.78 is 76.7. The fourth-order valence-electron chi connectivity index (χ4n) is 2.61. The summed E-state index contributed by atoms with van der Waals surface area (Å²) in [7, 11) is 0. The van der Waals surface area contributed by atoms with Crippen LogP contribution in [0.2, 0.25) is 0 Å². The van der Waals surface area contributed by atoms with Crippen molar-refractivity contribution in [3.63, 3.8) is 0 Å². The van der Waals surface area contributed by atoms with Crippen LogP contribution < -0.4 is 10.6 Å². The number of fused-ring (bicyclic) bond motifs is 1. The third kappa shape index (κ3) is 4.97. The van der Waals surface area contributed by atoms with Gasteiger partial charge < -0.3 is 10.6 Å². The normalized spacial score (nSPS) is 12.1. The number of nitrogens with zero attached hydrogens (tertiary/aromatic N) is 2. The molecule has 2 aromatic carbocycles. The second-order valence-corrected chi connectivity index (χ2v) is 6.17. The van der Waals surface area contributed by atoms with Crippen LogP contribution in [-0.4, -0.2) is 29.0 Å². The van der Waals surface area contributed by atoms with Gasteiger partial charge in [0.05, 0.1) is 11.1 Å². The Hall–Kier alpha value is -3.37. The summed E-state index contributed by atoms with van der Waals surface area (Å²) in [5, 5.41) is 5.57. The number of anilines is 1. The zero-order valence-corrected chi connectivity index (χ0v) is 15.1. The Morgan fingerprint density at radius 1 is 0.833 bits per heavy atom. The second-order valence-electron chi connectivity index (χ2n) is 6.17. The van der Waals surface area contributed by atoms with Crippen molar-refractivity contribution in [3.8, 4) is 0 Å². The molecular formula is C19H14F6N4O. The van der Waals surface area contributed by atoms with Crippen LogP contribution in [-0.2, 0) is 12.4 Å². The Kier molecular flexibility index (Phi) is 5.81. The summed E-state index contributed by atoms with van der Waals surface area (Å²) in [5.41, 5.74) is -0.747. The number of hydrogen-bond acceptors (Lipinski definition) is 4. The van der Waals surface area contributed by atoms with E-state index in [4.69, 9.17) is 0 Å². The summed E-state index contributed by atoms with van der Waals surface area (Å²) in [4.78, 5) is 19.0. The summed E-state index contributed by atoms with van der Waals surface area (Å²) in [5.74, 6) is -1.96. The number of rotatable bonds is 5. The summed E-state index contributed by atoms with van der Waals surface area (Å²) in [6.45, 7) is 0.0320. The highest BCUT2D eigenvalue weighted by Crippen LogP contribution is 2.30. The van der Waals surface area contributed by atoms with E-state index in [9.17, 15) is 31.1 Å². The van der Waals surface area contributed by atoms with E-state index < -0.39 is 29.6 Å². The number of aromatic nitrogens is 2. The first-order valence-electron chi connectivity index (χ1n) is 8.59. The van der Waals surface area contributed by atoms with Gasteiger partial charge in [0.1, 0.15) is 5.82 Å². The van der Waals surface area contributed by atoms with E-state index in [1.165, 1.54) is 6.07 Å². The Bertz CT molecular complexity index is 1050. The van der Waals surface area contributed by atoms with Gasteiger partial charge in [-0.25, -0.2) is 9.97 Å². The molecule has 0 spiro atoms. The number of halogens is 6. The molecule has 0 atom stereocenters. The Balaban J connectivity index is 1.64. The molecule has 2 N–H and O–H groups in total. The van der Waals surface area contributed by atoms with E-state index in [2.05, 4.69) is 20.6 Å². The average molecular weight is 428 g/mol. The van der Waals surface area contributed by atoms with Crippen LogP contribution in [0.5, 0.6) is 0 Å². The lowest BCUT2D eigenvalue weighted by molar-refractivity contribution is -0.144. The number of carbonyl (C=O) groups excluding carboxylic acids is 1. The van der Waals surface area contributed by atoms with Crippen molar-refractivity contribution >= 4 is 22.6 Å². The van der Waals surface area contributed by atoms with Crippen molar-refractivity contribution in [1.29, 1.82) is 0 Å². The Morgan fingerprint density at radius 2 is 1.50 bits per heavy atom. The highest BCUT2D eigenvalue weighted by molar-refractivity contribution is 5.94. The lowest BCUT2D eigenvalue weighted by Gasteiger charge is -2.13. The number of alkyl halides is 6. The molecule has 1 amide bonds. The first-order valence-corrected chi connectivity index (χ1v) is 8.59. The summed E-state index contributed by atoms with van der Waals surface area (Å²) in [6, 6.07) is 9.80. The predicted molar refractivity (Wildman–Crippen MR) is 96.8 cm³/mol. The molecule has 0 saturated carbocycles. The second kappa shape index (κ2) is 8.17. The third-order valence-electron chi connectivity index (χ3n) is 4.03. The largest absolute Gasteiger partial charge is 0.451 e. The number of hydrogen-bond donors (Lipinski definition) is 2. The quantitative estimate of drug-likeness (QED) is 0.464. The van der Waals surface area contributed by atoms with Gasteiger partial charge in [-0.15, -0.1) is 0 Å². The SMILES string of the molecule is O=C(NCCNc1nc(C(F)(F)F)nc2ccccc12)c1ccc(C(F)(F)F)cc1. The molecule has 11 heteroatoms. The number of amides is 1. The van der Waals surface area contributed by atoms with Crippen molar-refractivity contribution < 1.29 is 31.1 Å². The summed E-state index contributed by atoms with van der Waals surface area (Å²) in [6.07, 6.45) is -9.23. The topological polar surface area (TPSA) is 66.9 Å². The molecule has 3 aromatic rings. The third-order valence-corrected chi connectivity index (χ3v) is 4.03. The fraction of sp³-hybridized carbons (Fsp3) is 0.211. The van der Waals surface area contributed by atoms with Crippen LogP contribution in [0.4, 0.5) is 32.2 Å². The lowest BCUT2D eigenvalue weighted by Crippen LogP contribution is -2.29. The van der Waals surface area contributed by atoms with Gasteiger partial charge in [-0.3, -0.25) is 4.79 Å². The summed E-state index contributed by atoms with van der Waals surface area (Å²) >= 11 is 0. The van der Waals surface area contributed by atoms with Gasteiger partial charge in [0.2, 0.25) is 5.82 Å². The van der Waals surface area contributed by atoms with Crippen LogP contribution in [0.1, 0.15) is 21.7 Å². The van der Waals surface area contributed by atoms with E-state index in [-0.39, 0.29) is 30.0 Å². The van der Waals surface area contributed by atoms with E-state index in [1.807, 2.05) is 0 Å². The number of benzene rings is 2. The Labute approximate surface area is 166 Å². The van der Waals surface area contributed by atoms with E-state index >= 15 is 0 Å². The van der Waals surface area contributed by atoms with Crippen LogP contribution in [0.15, 0.2) is 48.5 Å². The zero-order valence-electron chi connectivity index (χ0n) is 15.1. The standard InChI is InChI=1S/C19H14F6N4O/c20-18(21,22)12-7-5-11(6-8-12)16(30)27-10-9-26-15-13-3-1-2-4-14(13)28-17(29-15)19(23,24)25/h1-8H,9-10H2,(H,27,30)(H,26,28,29). The maximum absolute atomic E-state index is 13.0. The van der Waals surface area contributed by atoms with Gasteiger partial charge in [-0.2, -0.15) is 26.3 Å². The van der Waals surface area contributed by atoms with E-state index in [0.717, 1.165) is 24.3 Å². The molecule has 1 aromatic heterocycles. The van der Waals surface area contributed by atoms with Crippen molar-refractivity contribution in [2.75, 3.05) is 18.4 Å². The molecule has 0 aliphatic rings. The highest BCUT2D eigenvalue weighted by atomic mass is 19.4. The molecule has 0 aliphatic carbocycles. The van der Waals surface area contributed by atoms with Crippen molar-refractivity contribution in [2.24, 2.45) is 0 Å². The van der Waals surface area contributed by atoms with Crippen LogP contribution in [0.25, 0.3) is 10.9 Å². The van der Waals surface area contributed by atoms with Gasteiger partial charge in [0, 0.05) is 24.0 Å². The average Bonchev–Trinajstić information content (AvgIpc) is 2.69. The van der Waals surface area contributed by atoms with E-state index in [0.29, 0.717) is 5.39 Å². The molecule has 0 saturated heterocycles. The van der Waals surface area contributed by atoms with Crippen LogP contribution in [0, 0.1) is 0 Å². The van der Waals surface area contributed by atoms with Crippen LogP contribution in [0.3, 0.4) is 0 Å². The monoisotopic (exact) mass is 428 g/mol. The number of carbonyl (C=O) groups is 1. The zero-order chi connectivity index (χ0) is 21.9. The molecule has 0 fully saturated rings. The first kappa shape index (κ1) is 21.3. The minimum absolute atomic E-state index is 0.000460. The minimum atomic E-state index is -4.72. The fourth-order valence-corrected chi connectivity index (χ4v) is 2.61. The van der Waals surface area contributed by atoms with E-state index in [1.54, 1.807) is 18.2 Å². The molecule has 3 rings (SSSR count). The Morgan fingerprint density at radius 3 is 2.13 bits per heavy atom. The molecule has 158 valence electrons. The van der Waals surface area contributed by atoms with Gasteiger partial charge in [-0.05, 0) is 36.4 Å². The molecule has 0 unspecified atom stereocenters. The highest BCUT2D eigenvalue weighted by Gasteiger charge is 2.35. The van der Waals surface area contributed by atoms with Crippen molar-refractivity contribution in [1.82, 2.24) is 15.3 Å². The maximum Gasteiger partial charge on any atom is 0.451 e. The molecule has 0 radical (unpaired) electrons. The van der Waals surface area contributed by atoms with Crippen molar-refractivity contribution in [3.05, 3.63) is 65.5 Å². The smallest absolute Gasteiger partial charge is 0.368 e. The minimum Gasteiger partial charge on any atom is -0.368 e. The molecule has 1 heterocycles. The molecule has 30 heavy (non-hydrogen) atoms. The predicted octanol–water partition coefficient (Wildman–Crippen LogP) is 4.51. The van der Waals surface area contributed by atoms with Gasteiger partial charge in [-0.1, -0.05) is 12.1 Å². The molecule has 5 nitrogen and oxygen atoms in total. The van der Waals surface area contributed by atoms with Crippen molar-refractivity contribution in [2.45, 2.75) is 12.4 Å². The number of para-hydroxylation sites is 1. The van der Waals surface area contributed by atoms with Gasteiger partial charge >= 0.3 is 12.4 Å². The van der Waals surface area contributed by atoms with Crippen LogP contribution >= 0.6 is 0 Å². The number of nitrogens with one attached hydrogen (secondary N) is 2. The molecule has 0 aliphatic heterocycles.